The predicted molar refractivity (Wildman–Crippen MR) is 68.7 cm³/mol. The number of aromatic amines is 1. The number of nitrogens with zero attached hydrogens (tertiary/aromatic N) is 2. The molecule has 0 saturated carbocycles. The normalized spacial score (nSPS) is 10.9. The van der Waals surface area contributed by atoms with Gasteiger partial charge in [0.25, 0.3) is 0 Å². The minimum absolute atomic E-state index is 0.601. The van der Waals surface area contributed by atoms with Crippen molar-refractivity contribution in [3.8, 4) is 11.4 Å². The van der Waals surface area contributed by atoms with Crippen LogP contribution in [-0.4, -0.2) is 15.0 Å². The summed E-state index contributed by atoms with van der Waals surface area (Å²) in [5, 5.41) is 0.615. The lowest BCUT2D eigenvalue weighted by Crippen LogP contribution is -1.90. The minimum atomic E-state index is 0.601. The third-order valence-electron chi connectivity index (χ3n) is 2.55. The SMILES string of the molecule is Nc1cc(Cl)ccc1-c1nc2ccncc2[nH]1. The number of fused-ring (bicyclic) bond motifs is 1. The van der Waals surface area contributed by atoms with E-state index >= 15 is 0 Å². The van der Waals surface area contributed by atoms with Crippen LogP contribution >= 0.6 is 11.6 Å². The lowest BCUT2D eigenvalue weighted by Gasteiger charge is -2.02. The number of imidazole rings is 1. The van der Waals surface area contributed by atoms with Gasteiger partial charge in [0.1, 0.15) is 5.82 Å². The Kier molecular flexibility index (Phi) is 2.23. The highest BCUT2D eigenvalue weighted by molar-refractivity contribution is 6.31. The van der Waals surface area contributed by atoms with Gasteiger partial charge in [0.05, 0.1) is 17.2 Å². The fourth-order valence-electron chi connectivity index (χ4n) is 1.73. The Morgan fingerprint density at radius 3 is 2.88 bits per heavy atom. The van der Waals surface area contributed by atoms with Crippen molar-refractivity contribution in [1.29, 1.82) is 0 Å². The first kappa shape index (κ1) is 10.1. The van der Waals surface area contributed by atoms with E-state index in [4.69, 9.17) is 17.3 Å². The van der Waals surface area contributed by atoms with Crippen molar-refractivity contribution < 1.29 is 0 Å². The smallest absolute Gasteiger partial charge is 0.140 e. The van der Waals surface area contributed by atoms with Crippen molar-refractivity contribution in [2.24, 2.45) is 0 Å². The molecule has 4 nitrogen and oxygen atoms in total. The van der Waals surface area contributed by atoms with Gasteiger partial charge in [0.2, 0.25) is 0 Å². The molecule has 0 aliphatic rings. The average molecular weight is 245 g/mol. The van der Waals surface area contributed by atoms with E-state index in [1.807, 2.05) is 12.1 Å². The third-order valence-corrected chi connectivity index (χ3v) is 2.79. The van der Waals surface area contributed by atoms with Crippen molar-refractivity contribution in [2.75, 3.05) is 5.73 Å². The van der Waals surface area contributed by atoms with Crippen LogP contribution in [0.5, 0.6) is 0 Å². The quantitative estimate of drug-likeness (QED) is 0.647. The van der Waals surface area contributed by atoms with Gasteiger partial charge in [-0.05, 0) is 24.3 Å². The van der Waals surface area contributed by atoms with Crippen molar-refractivity contribution in [2.45, 2.75) is 0 Å². The van der Waals surface area contributed by atoms with E-state index in [0.29, 0.717) is 10.7 Å². The van der Waals surface area contributed by atoms with Crippen LogP contribution in [0.4, 0.5) is 5.69 Å². The molecule has 0 bridgehead atoms. The molecule has 0 aliphatic heterocycles. The molecule has 0 aliphatic carbocycles. The van der Waals surface area contributed by atoms with Gasteiger partial charge in [-0.2, -0.15) is 0 Å². The maximum absolute atomic E-state index is 5.92. The Hall–Kier alpha value is -2.07. The molecule has 2 heterocycles. The Morgan fingerprint density at radius 2 is 2.12 bits per heavy atom. The Balaban J connectivity index is 2.20. The van der Waals surface area contributed by atoms with Crippen molar-refractivity contribution in [3.05, 3.63) is 41.7 Å². The molecule has 0 spiro atoms. The lowest BCUT2D eigenvalue weighted by atomic mass is 10.2. The molecule has 17 heavy (non-hydrogen) atoms. The largest absolute Gasteiger partial charge is 0.398 e. The van der Waals surface area contributed by atoms with Gasteiger partial charge in [0.15, 0.2) is 0 Å². The molecule has 3 rings (SSSR count). The van der Waals surface area contributed by atoms with Gasteiger partial charge in [0, 0.05) is 22.5 Å². The summed E-state index contributed by atoms with van der Waals surface area (Å²) in [7, 11) is 0. The predicted octanol–water partition coefficient (Wildman–Crippen LogP) is 2.86. The minimum Gasteiger partial charge on any atom is -0.398 e. The monoisotopic (exact) mass is 244 g/mol. The summed E-state index contributed by atoms with van der Waals surface area (Å²) >= 11 is 5.86. The molecule has 0 amide bonds. The number of aromatic nitrogens is 3. The number of halogens is 1. The molecule has 0 fully saturated rings. The van der Waals surface area contributed by atoms with E-state index in [0.717, 1.165) is 22.4 Å². The molecule has 0 saturated heterocycles. The highest BCUT2D eigenvalue weighted by Gasteiger charge is 2.08. The molecule has 0 atom stereocenters. The van der Waals surface area contributed by atoms with Gasteiger partial charge in [-0.25, -0.2) is 4.98 Å². The van der Waals surface area contributed by atoms with Gasteiger partial charge >= 0.3 is 0 Å². The number of hydrogen-bond donors (Lipinski definition) is 2. The van der Waals surface area contributed by atoms with Gasteiger partial charge in [-0.15, -0.1) is 0 Å². The van der Waals surface area contributed by atoms with Crippen LogP contribution in [0.2, 0.25) is 5.02 Å². The first-order chi connectivity index (χ1) is 8.24. The molecule has 0 radical (unpaired) electrons. The Morgan fingerprint density at radius 1 is 1.24 bits per heavy atom. The molecular formula is C12H9ClN4. The van der Waals surface area contributed by atoms with E-state index in [9.17, 15) is 0 Å². The molecule has 3 aromatic rings. The summed E-state index contributed by atoms with van der Waals surface area (Å²) in [4.78, 5) is 11.7. The number of nitrogens with two attached hydrogens (primary N) is 1. The Labute approximate surface area is 102 Å². The van der Waals surface area contributed by atoms with E-state index in [1.54, 1.807) is 24.5 Å². The second-order valence-corrected chi connectivity index (χ2v) is 4.15. The zero-order valence-corrected chi connectivity index (χ0v) is 9.57. The molecular weight excluding hydrogens is 236 g/mol. The summed E-state index contributed by atoms with van der Waals surface area (Å²) in [5.41, 5.74) is 9.11. The van der Waals surface area contributed by atoms with Crippen LogP contribution in [0.15, 0.2) is 36.7 Å². The summed E-state index contributed by atoms with van der Waals surface area (Å²) in [6.07, 6.45) is 3.44. The maximum atomic E-state index is 5.92. The van der Waals surface area contributed by atoms with Gasteiger partial charge < -0.3 is 10.7 Å². The fraction of sp³-hybridized carbons (Fsp3) is 0. The van der Waals surface area contributed by atoms with E-state index in [1.165, 1.54) is 0 Å². The van der Waals surface area contributed by atoms with Crippen LogP contribution in [0.1, 0.15) is 0 Å². The first-order valence-corrected chi connectivity index (χ1v) is 5.47. The first-order valence-electron chi connectivity index (χ1n) is 5.09. The molecule has 0 unspecified atom stereocenters. The van der Waals surface area contributed by atoms with Crippen molar-refractivity contribution >= 4 is 28.3 Å². The molecule has 3 N–H and O–H groups in total. The van der Waals surface area contributed by atoms with Crippen LogP contribution in [0, 0.1) is 0 Å². The van der Waals surface area contributed by atoms with E-state index < -0.39 is 0 Å². The van der Waals surface area contributed by atoms with Gasteiger partial charge in [-0.1, -0.05) is 11.6 Å². The number of hydrogen-bond acceptors (Lipinski definition) is 3. The number of benzene rings is 1. The second-order valence-electron chi connectivity index (χ2n) is 3.71. The average Bonchev–Trinajstić information content (AvgIpc) is 2.72. The van der Waals surface area contributed by atoms with Gasteiger partial charge in [-0.3, -0.25) is 4.98 Å². The van der Waals surface area contributed by atoms with Crippen LogP contribution in [0.3, 0.4) is 0 Å². The standard InChI is InChI=1S/C12H9ClN4/c13-7-1-2-8(9(14)5-7)12-16-10-3-4-15-6-11(10)17-12/h1-6H,14H2,(H,16,17). The summed E-state index contributed by atoms with van der Waals surface area (Å²) in [5.74, 6) is 0.724. The Bertz CT molecular complexity index is 657. The van der Waals surface area contributed by atoms with E-state index in [-0.39, 0.29) is 0 Å². The van der Waals surface area contributed by atoms with Crippen molar-refractivity contribution in [1.82, 2.24) is 15.0 Å². The number of anilines is 1. The summed E-state index contributed by atoms with van der Waals surface area (Å²) in [6.45, 7) is 0. The number of nitrogens with one attached hydrogen (secondary N) is 1. The summed E-state index contributed by atoms with van der Waals surface area (Å²) in [6, 6.07) is 7.20. The number of rotatable bonds is 1. The maximum Gasteiger partial charge on any atom is 0.140 e. The van der Waals surface area contributed by atoms with Crippen molar-refractivity contribution in [3.63, 3.8) is 0 Å². The van der Waals surface area contributed by atoms with E-state index in [2.05, 4.69) is 15.0 Å². The number of H-pyrrole nitrogens is 1. The third kappa shape index (κ3) is 1.72. The van der Waals surface area contributed by atoms with Crippen LogP contribution in [-0.2, 0) is 0 Å². The van der Waals surface area contributed by atoms with Crippen LogP contribution < -0.4 is 5.73 Å². The molecule has 84 valence electrons. The summed E-state index contributed by atoms with van der Waals surface area (Å²) < 4.78 is 0. The zero-order valence-electron chi connectivity index (χ0n) is 8.81. The molecule has 2 aromatic heterocycles. The molecule has 5 heteroatoms. The highest BCUT2D eigenvalue weighted by Crippen LogP contribution is 2.27. The number of nitrogen functional groups attached to an aromatic ring is 1. The topological polar surface area (TPSA) is 67.6 Å². The number of pyridine rings is 1. The zero-order chi connectivity index (χ0) is 11.8. The van der Waals surface area contributed by atoms with Crippen LogP contribution in [0.25, 0.3) is 22.4 Å². The lowest BCUT2D eigenvalue weighted by molar-refractivity contribution is 1.33. The molecule has 1 aromatic carbocycles. The second kappa shape index (κ2) is 3.75. The fourth-order valence-corrected chi connectivity index (χ4v) is 1.91. The highest BCUT2D eigenvalue weighted by atomic mass is 35.5.